The molecule has 0 amide bonds. The maximum Gasteiger partial charge on any atom is 0.119 e. The van der Waals surface area contributed by atoms with Crippen molar-refractivity contribution in [2.75, 3.05) is 0 Å². The number of hydrogen-bond acceptors (Lipinski definition) is 2. The highest BCUT2D eigenvalue weighted by atomic mass is 79.9. The summed E-state index contributed by atoms with van der Waals surface area (Å²) in [5.74, 6) is 1.45. The Bertz CT molecular complexity index is 725. The highest BCUT2D eigenvalue weighted by molar-refractivity contribution is 9.10. The molecule has 2 aromatic carbocycles. The summed E-state index contributed by atoms with van der Waals surface area (Å²) in [5, 5.41) is 19.3. The summed E-state index contributed by atoms with van der Waals surface area (Å²) in [5.41, 5.74) is 2.18. The molecular weight excluding hydrogens is 480 g/mol. The van der Waals surface area contributed by atoms with Gasteiger partial charge in [0.1, 0.15) is 11.5 Å². The molecule has 1 aliphatic carbocycles. The average molecular weight is 512 g/mol. The van der Waals surface area contributed by atoms with Crippen LogP contribution in [0.15, 0.2) is 45.3 Å². The molecule has 4 heteroatoms. The Kier molecular flexibility index (Phi) is 10.4. The van der Waals surface area contributed by atoms with Crippen LogP contribution in [0.25, 0.3) is 0 Å². The van der Waals surface area contributed by atoms with Gasteiger partial charge in [0.15, 0.2) is 0 Å². The average Bonchev–Trinajstić information content (AvgIpc) is 2.71. The zero-order chi connectivity index (χ0) is 20.4. The van der Waals surface area contributed by atoms with E-state index in [2.05, 4.69) is 44.8 Å². The van der Waals surface area contributed by atoms with Crippen LogP contribution >= 0.6 is 31.9 Å². The molecule has 0 atom stereocenters. The van der Waals surface area contributed by atoms with Crippen LogP contribution in [0, 0.1) is 0 Å². The monoisotopic (exact) mass is 510 g/mol. The fourth-order valence-corrected chi connectivity index (χ4v) is 4.55. The number of benzene rings is 2. The van der Waals surface area contributed by atoms with Crippen molar-refractivity contribution in [3.05, 3.63) is 56.5 Å². The fraction of sp³-hybridized carbons (Fsp3) is 0.500. The third kappa shape index (κ3) is 7.79. The highest BCUT2D eigenvalue weighted by Gasteiger charge is 2.18. The number of phenols is 2. The normalized spacial score (nSPS) is 14.4. The molecule has 154 valence electrons. The second-order valence-corrected chi connectivity index (χ2v) is 9.45. The Morgan fingerprint density at radius 2 is 1.46 bits per heavy atom. The van der Waals surface area contributed by atoms with Gasteiger partial charge in [-0.15, -0.1) is 0 Å². The van der Waals surface area contributed by atoms with Crippen molar-refractivity contribution in [3.63, 3.8) is 0 Å². The lowest BCUT2D eigenvalue weighted by molar-refractivity contribution is 0.414. The maximum atomic E-state index is 9.77. The molecule has 0 aromatic heterocycles. The molecule has 3 rings (SSSR count). The third-order valence-corrected chi connectivity index (χ3v) is 6.36. The minimum Gasteiger partial charge on any atom is -0.508 e. The van der Waals surface area contributed by atoms with Gasteiger partial charge in [0.05, 0.1) is 0 Å². The van der Waals surface area contributed by atoms with Crippen LogP contribution in [-0.4, -0.2) is 10.2 Å². The summed E-state index contributed by atoms with van der Waals surface area (Å²) in [4.78, 5) is 0. The molecule has 2 aromatic rings. The number of aryl methyl sites for hydroxylation is 1. The van der Waals surface area contributed by atoms with Crippen molar-refractivity contribution in [2.45, 2.75) is 77.0 Å². The van der Waals surface area contributed by atoms with Gasteiger partial charge in [-0.3, -0.25) is 0 Å². The van der Waals surface area contributed by atoms with Gasteiger partial charge in [0.2, 0.25) is 0 Å². The van der Waals surface area contributed by atoms with Gasteiger partial charge in [-0.25, -0.2) is 0 Å². The number of unbranched alkanes of at least 4 members (excludes halogenated alkanes) is 3. The van der Waals surface area contributed by atoms with Gasteiger partial charge in [-0.2, -0.15) is 0 Å². The summed E-state index contributed by atoms with van der Waals surface area (Å²) in [6, 6.07) is 11.4. The van der Waals surface area contributed by atoms with E-state index in [0.717, 1.165) is 32.9 Å². The summed E-state index contributed by atoms with van der Waals surface area (Å²) in [6.45, 7) is 2.20. The van der Waals surface area contributed by atoms with Crippen molar-refractivity contribution >= 4 is 31.9 Å². The third-order valence-electron chi connectivity index (χ3n) is 5.38. The van der Waals surface area contributed by atoms with Gasteiger partial charge in [0.25, 0.3) is 0 Å². The number of hydrogen-bond donors (Lipinski definition) is 2. The van der Waals surface area contributed by atoms with E-state index in [-0.39, 0.29) is 0 Å². The Labute approximate surface area is 186 Å². The molecule has 1 fully saturated rings. The van der Waals surface area contributed by atoms with Crippen LogP contribution in [0.3, 0.4) is 0 Å². The van der Waals surface area contributed by atoms with E-state index in [1.54, 1.807) is 12.1 Å². The molecule has 1 aliphatic rings. The molecule has 0 spiro atoms. The lowest BCUT2D eigenvalue weighted by atomic mass is 9.84. The summed E-state index contributed by atoms with van der Waals surface area (Å²) >= 11 is 6.86. The molecule has 2 N–H and O–H groups in total. The Hall–Kier alpha value is -1.000. The van der Waals surface area contributed by atoms with Crippen molar-refractivity contribution in [3.8, 4) is 11.5 Å². The van der Waals surface area contributed by atoms with E-state index >= 15 is 0 Å². The zero-order valence-corrected chi connectivity index (χ0v) is 19.9. The molecule has 0 saturated heterocycles. The number of rotatable bonds is 6. The first-order chi connectivity index (χ1) is 13.5. The minimum atomic E-state index is 0.421. The van der Waals surface area contributed by atoms with E-state index in [0.29, 0.717) is 17.4 Å². The van der Waals surface area contributed by atoms with Crippen LogP contribution < -0.4 is 0 Å². The quantitative estimate of drug-likeness (QED) is 0.381. The zero-order valence-electron chi connectivity index (χ0n) is 16.8. The van der Waals surface area contributed by atoms with Crippen LogP contribution in [0.4, 0.5) is 0 Å². The summed E-state index contributed by atoms with van der Waals surface area (Å²) in [6.07, 6.45) is 12.3. The number of phenolic OH excluding ortho intramolecular Hbond substituents is 2. The number of aromatic hydroxyl groups is 2. The standard InChI is InChI=1S/C12H15BrO.C12H17BrO/c13-10-6-7-12(14)11(8-10)9-4-2-1-3-5-9;1-2-3-4-5-6-10-9-11(13)7-8-12(10)14/h6-9,14H,1-5H2;7-9,14H,2-6H2,1H3. The van der Waals surface area contributed by atoms with Crippen molar-refractivity contribution in [2.24, 2.45) is 0 Å². The van der Waals surface area contributed by atoms with Gasteiger partial charge in [-0.05, 0) is 79.1 Å². The SMILES string of the molecule is CCCCCCc1cc(Br)ccc1O.Oc1ccc(Br)cc1C1CCCCC1. The first kappa shape index (κ1) is 23.3. The summed E-state index contributed by atoms with van der Waals surface area (Å²) < 4.78 is 2.11. The van der Waals surface area contributed by atoms with E-state index < -0.39 is 0 Å². The molecule has 0 heterocycles. The van der Waals surface area contributed by atoms with Gasteiger partial charge in [-0.1, -0.05) is 77.3 Å². The molecular formula is C24H32Br2O2. The van der Waals surface area contributed by atoms with E-state index in [1.807, 2.05) is 18.2 Å². The predicted octanol–water partition coefficient (Wildman–Crippen LogP) is 8.48. The lowest BCUT2D eigenvalue weighted by Crippen LogP contribution is -2.04. The molecule has 0 aliphatic heterocycles. The van der Waals surface area contributed by atoms with Gasteiger partial charge < -0.3 is 10.2 Å². The first-order valence-corrected chi connectivity index (χ1v) is 12.1. The molecule has 0 radical (unpaired) electrons. The number of halogens is 2. The topological polar surface area (TPSA) is 40.5 Å². The second-order valence-electron chi connectivity index (χ2n) is 7.62. The van der Waals surface area contributed by atoms with E-state index in [1.165, 1.54) is 51.4 Å². The molecule has 1 saturated carbocycles. The van der Waals surface area contributed by atoms with Crippen LogP contribution in [-0.2, 0) is 6.42 Å². The van der Waals surface area contributed by atoms with Crippen molar-refractivity contribution < 1.29 is 10.2 Å². The Morgan fingerprint density at radius 1 is 0.821 bits per heavy atom. The van der Waals surface area contributed by atoms with Crippen molar-refractivity contribution in [1.29, 1.82) is 0 Å². The fourth-order valence-electron chi connectivity index (χ4n) is 3.76. The summed E-state index contributed by atoms with van der Waals surface area (Å²) in [7, 11) is 0. The highest BCUT2D eigenvalue weighted by Crippen LogP contribution is 2.38. The Morgan fingerprint density at radius 3 is 2.14 bits per heavy atom. The van der Waals surface area contributed by atoms with Crippen LogP contribution in [0.2, 0.25) is 0 Å². The molecule has 0 unspecified atom stereocenters. The largest absolute Gasteiger partial charge is 0.508 e. The van der Waals surface area contributed by atoms with E-state index in [9.17, 15) is 10.2 Å². The lowest BCUT2D eigenvalue weighted by Gasteiger charge is -2.22. The van der Waals surface area contributed by atoms with Gasteiger partial charge >= 0.3 is 0 Å². The first-order valence-electron chi connectivity index (χ1n) is 10.5. The van der Waals surface area contributed by atoms with Crippen LogP contribution in [0.1, 0.15) is 81.8 Å². The van der Waals surface area contributed by atoms with Gasteiger partial charge in [0, 0.05) is 8.95 Å². The predicted molar refractivity (Wildman–Crippen MR) is 125 cm³/mol. The van der Waals surface area contributed by atoms with Crippen LogP contribution in [0.5, 0.6) is 11.5 Å². The maximum absolute atomic E-state index is 9.77. The molecule has 28 heavy (non-hydrogen) atoms. The minimum absolute atomic E-state index is 0.421. The smallest absolute Gasteiger partial charge is 0.119 e. The van der Waals surface area contributed by atoms with Crippen molar-refractivity contribution in [1.82, 2.24) is 0 Å². The molecule has 0 bridgehead atoms. The van der Waals surface area contributed by atoms with E-state index in [4.69, 9.17) is 0 Å². The second kappa shape index (κ2) is 12.5. The Balaban J connectivity index is 0.000000200. The molecule has 2 nitrogen and oxygen atoms in total.